The minimum atomic E-state index is -0.840. The Morgan fingerprint density at radius 3 is 1.89 bits per heavy atom. The van der Waals surface area contributed by atoms with Crippen LogP contribution < -0.4 is 4.74 Å². The molecule has 0 amide bonds. The molecule has 3 heteroatoms. The van der Waals surface area contributed by atoms with Gasteiger partial charge in [-0.15, -0.1) is 0 Å². The van der Waals surface area contributed by atoms with E-state index in [0.717, 1.165) is 37.5 Å². The zero-order valence-corrected chi connectivity index (χ0v) is 17.7. The molecule has 0 saturated heterocycles. The first kappa shape index (κ1) is 22.2. The van der Waals surface area contributed by atoms with Crippen molar-refractivity contribution in [1.82, 2.24) is 0 Å². The quantitative estimate of drug-likeness (QED) is 0.516. The van der Waals surface area contributed by atoms with Gasteiger partial charge in [0.15, 0.2) is 11.6 Å². The molecular weight excluding hydrogens is 342 g/mol. The minimum Gasteiger partial charge on any atom is -0.491 e. The SMILES string of the molecule is CCC1CCC(C)CC1.CCOc1ccc(C2CCC(C)CC2)c(F)c1F. The Labute approximate surface area is 164 Å². The number of hydrogen-bond acceptors (Lipinski definition) is 1. The molecule has 0 spiro atoms. The van der Waals surface area contributed by atoms with E-state index in [2.05, 4.69) is 20.8 Å². The van der Waals surface area contributed by atoms with E-state index in [-0.39, 0.29) is 11.7 Å². The Bertz CT molecular complexity index is 556. The van der Waals surface area contributed by atoms with Gasteiger partial charge in [0.1, 0.15) is 0 Å². The second kappa shape index (κ2) is 11.0. The summed E-state index contributed by atoms with van der Waals surface area (Å²) in [6.45, 7) is 9.02. The lowest BCUT2D eigenvalue weighted by Crippen LogP contribution is -2.13. The highest BCUT2D eigenvalue weighted by Gasteiger charge is 2.25. The van der Waals surface area contributed by atoms with Gasteiger partial charge in [-0.05, 0) is 55.1 Å². The predicted octanol–water partition coefficient (Wildman–Crippen LogP) is 7.88. The molecule has 27 heavy (non-hydrogen) atoms. The number of halogens is 2. The van der Waals surface area contributed by atoms with E-state index in [1.807, 2.05) is 0 Å². The van der Waals surface area contributed by atoms with Crippen LogP contribution in [0.25, 0.3) is 0 Å². The highest BCUT2D eigenvalue weighted by molar-refractivity contribution is 5.33. The van der Waals surface area contributed by atoms with E-state index in [0.29, 0.717) is 18.1 Å². The van der Waals surface area contributed by atoms with Gasteiger partial charge in [0.2, 0.25) is 5.82 Å². The molecule has 0 aliphatic heterocycles. The minimum absolute atomic E-state index is 0.0166. The van der Waals surface area contributed by atoms with Crippen LogP contribution in [0.15, 0.2) is 12.1 Å². The molecule has 0 N–H and O–H groups in total. The summed E-state index contributed by atoms with van der Waals surface area (Å²) in [6, 6.07) is 3.24. The standard InChI is InChI=1S/C15H20F2O.C9H18/c1-3-18-13-9-8-12(14(16)15(13)17)11-6-4-10(2)5-7-11;1-3-9-6-4-8(2)5-7-9/h8-11H,3-7H2,1-2H3;8-9H,3-7H2,1-2H3. The summed E-state index contributed by atoms with van der Waals surface area (Å²) in [7, 11) is 0. The van der Waals surface area contributed by atoms with Crippen LogP contribution in [-0.4, -0.2) is 6.61 Å². The summed E-state index contributed by atoms with van der Waals surface area (Å²) in [4.78, 5) is 0. The molecule has 0 aromatic heterocycles. The molecule has 0 heterocycles. The van der Waals surface area contributed by atoms with Crippen molar-refractivity contribution in [3.05, 3.63) is 29.3 Å². The average molecular weight is 381 g/mol. The average Bonchev–Trinajstić information content (AvgIpc) is 2.68. The molecule has 2 fully saturated rings. The van der Waals surface area contributed by atoms with Crippen LogP contribution >= 0.6 is 0 Å². The number of benzene rings is 1. The molecular formula is C24H38F2O. The summed E-state index contributed by atoms with van der Waals surface area (Å²) in [6.07, 6.45) is 11.5. The molecule has 2 aliphatic carbocycles. The molecule has 0 bridgehead atoms. The van der Waals surface area contributed by atoms with E-state index < -0.39 is 11.6 Å². The largest absolute Gasteiger partial charge is 0.491 e. The van der Waals surface area contributed by atoms with E-state index >= 15 is 0 Å². The first-order chi connectivity index (χ1) is 13.0. The van der Waals surface area contributed by atoms with Gasteiger partial charge in [0.05, 0.1) is 6.61 Å². The fourth-order valence-corrected chi connectivity index (χ4v) is 4.44. The Morgan fingerprint density at radius 2 is 1.37 bits per heavy atom. The normalized spacial score (nSPS) is 28.2. The third kappa shape index (κ3) is 6.47. The number of hydrogen-bond donors (Lipinski definition) is 0. The van der Waals surface area contributed by atoms with Gasteiger partial charge in [-0.25, -0.2) is 4.39 Å². The van der Waals surface area contributed by atoms with Gasteiger partial charge >= 0.3 is 0 Å². The highest BCUT2D eigenvalue weighted by Crippen LogP contribution is 2.38. The maximum absolute atomic E-state index is 14.0. The van der Waals surface area contributed by atoms with Crippen molar-refractivity contribution in [3.8, 4) is 5.75 Å². The Hall–Kier alpha value is -1.12. The summed E-state index contributed by atoms with van der Waals surface area (Å²) in [5, 5.41) is 0. The predicted molar refractivity (Wildman–Crippen MR) is 109 cm³/mol. The van der Waals surface area contributed by atoms with Gasteiger partial charge < -0.3 is 4.74 Å². The maximum Gasteiger partial charge on any atom is 0.200 e. The summed E-state index contributed by atoms with van der Waals surface area (Å²) in [5.74, 6) is 1.41. The van der Waals surface area contributed by atoms with E-state index in [1.54, 1.807) is 19.1 Å². The third-order valence-corrected chi connectivity index (χ3v) is 6.55. The molecule has 154 valence electrons. The van der Waals surface area contributed by atoms with E-state index in [1.165, 1.54) is 32.1 Å². The third-order valence-electron chi connectivity index (χ3n) is 6.55. The van der Waals surface area contributed by atoms with Gasteiger partial charge in [-0.2, -0.15) is 4.39 Å². The summed E-state index contributed by atoms with van der Waals surface area (Å²) < 4.78 is 32.9. The fourth-order valence-electron chi connectivity index (χ4n) is 4.44. The Kier molecular flexibility index (Phi) is 9.05. The zero-order valence-electron chi connectivity index (χ0n) is 17.7. The molecule has 2 saturated carbocycles. The van der Waals surface area contributed by atoms with Crippen LogP contribution in [0.4, 0.5) is 8.78 Å². The molecule has 0 radical (unpaired) electrons. The van der Waals surface area contributed by atoms with Gasteiger partial charge in [-0.1, -0.05) is 71.8 Å². The maximum atomic E-state index is 14.0. The molecule has 0 atom stereocenters. The number of ether oxygens (including phenoxy) is 1. The fraction of sp³-hybridized carbons (Fsp3) is 0.750. The van der Waals surface area contributed by atoms with Crippen LogP contribution in [0.5, 0.6) is 5.75 Å². The van der Waals surface area contributed by atoms with Crippen molar-refractivity contribution in [2.45, 2.75) is 91.4 Å². The highest BCUT2D eigenvalue weighted by atomic mass is 19.2. The van der Waals surface area contributed by atoms with Crippen molar-refractivity contribution >= 4 is 0 Å². The van der Waals surface area contributed by atoms with Crippen LogP contribution in [-0.2, 0) is 0 Å². The van der Waals surface area contributed by atoms with E-state index in [4.69, 9.17) is 4.74 Å². The van der Waals surface area contributed by atoms with Gasteiger partial charge in [-0.3, -0.25) is 0 Å². The number of rotatable bonds is 4. The van der Waals surface area contributed by atoms with Crippen LogP contribution in [0, 0.1) is 29.4 Å². The van der Waals surface area contributed by atoms with Crippen LogP contribution in [0.1, 0.15) is 97.0 Å². The Morgan fingerprint density at radius 1 is 0.815 bits per heavy atom. The van der Waals surface area contributed by atoms with E-state index in [9.17, 15) is 8.78 Å². The lowest BCUT2D eigenvalue weighted by Gasteiger charge is -2.27. The first-order valence-electron chi connectivity index (χ1n) is 11.1. The lowest BCUT2D eigenvalue weighted by atomic mass is 9.79. The molecule has 3 rings (SSSR count). The van der Waals surface area contributed by atoms with Crippen molar-refractivity contribution in [2.75, 3.05) is 6.61 Å². The Balaban J connectivity index is 0.000000244. The summed E-state index contributed by atoms with van der Waals surface area (Å²) in [5.41, 5.74) is 0.517. The van der Waals surface area contributed by atoms with Crippen molar-refractivity contribution in [1.29, 1.82) is 0 Å². The van der Waals surface area contributed by atoms with Gasteiger partial charge in [0.25, 0.3) is 0 Å². The van der Waals surface area contributed by atoms with Crippen molar-refractivity contribution in [2.24, 2.45) is 17.8 Å². The molecule has 1 aromatic carbocycles. The second-order valence-electron chi connectivity index (χ2n) is 8.70. The topological polar surface area (TPSA) is 9.23 Å². The van der Waals surface area contributed by atoms with Crippen LogP contribution in [0.2, 0.25) is 0 Å². The second-order valence-corrected chi connectivity index (χ2v) is 8.70. The molecule has 2 aliphatic rings. The molecule has 1 nitrogen and oxygen atoms in total. The monoisotopic (exact) mass is 380 g/mol. The zero-order chi connectivity index (χ0) is 19.8. The van der Waals surface area contributed by atoms with Crippen molar-refractivity contribution < 1.29 is 13.5 Å². The molecule has 1 aromatic rings. The summed E-state index contributed by atoms with van der Waals surface area (Å²) >= 11 is 0. The van der Waals surface area contributed by atoms with Crippen LogP contribution in [0.3, 0.4) is 0 Å². The first-order valence-corrected chi connectivity index (χ1v) is 11.1. The van der Waals surface area contributed by atoms with Gasteiger partial charge in [0, 0.05) is 0 Å². The lowest BCUT2D eigenvalue weighted by molar-refractivity contribution is 0.284. The smallest absolute Gasteiger partial charge is 0.200 e. The van der Waals surface area contributed by atoms with Crippen molar-refractivity contribution in [3.63, 3.8) is 0 Å². The molecule has 0 unspecified atom stereocenters.